The number of rotatable bonds is 3. The molecule has 0 aliphatic carbocycles. The van der Waals surface area contributed by atoms with Gasteiger partial charge in [0.25, 0.3) is 0 Å². The van der Waals surface area contributed by atoms with Crippen LogP contribution in [0, 0.1) is 11.6 Å². The van der Waals surface area contributed by atoms with Crippen molar-refractivity contribution in [1.29, 1.82) is 0 Å². The lowest BCUT2D eigenvalue weighted by Crippen LogP contribution is -2.00. The van der Waals surface area contributed by atoms with Crippen molar-refractivity contribution in [2.75, 3.05) is 0 Å². The molecule has 16 heavy (non-hydrogen) atoms. The second-order valence-corrected chi connectivity index (χ2v) is 3.16. The summed E-state index contributed by atoms with van der Waals surface area (Å²) in [5.41, 5.74) is 0.658. The van der Waals surface area contributed by atoms with Gasteiger partial charge in [0.15, 0.2) is 11.6 Å². The summed E-state index contributed by atoms with van der Waals surface area (Å²) in [4.78, 5) is 4.00. The van der Waals surface area contributed by atoms with Crippen molar-refractivity contribution in [2.24, 2.45) is 0 Å². The molecule has 1 heterocycles. The van der Waals surface area contributed by atoms with E-state index >= 15 is 0 Å². The van der Waals surface area contributed by atoms with Crippen LogP contribution in [0.4, 0.5) is 8.78 Å². The van der Waals surface area contributed by atoms with Crippen LogP contribution < -0.4 is 4.74 Å². The molecule has 2 rings (SSSR count). The van der Waals surface area contributed by atoms with Crippen LogP contribution in [0.15, 0.2) is 42.6 Å². The molecule has 4 heteroatoms. The predicted octanol–water partition coefficient (Wildman–Crippen LogP) is 2.94. The molecule has 0 aliphatic rings. The van der Waals surface area contributed by atoms with Gasteiger partial charge in [-0.05, 0) is 24.3 Å². The Balaban J connectivity index is 2.08. The third kappa shape index (κ3) is 2.34. The molecule has 0 spiro atoms. The molecule has 0 radical (unpaired) electrons. The van der Waals surface area contributed by atoms with Gasteiger partial charge in [0.2, 0.25) is 5.82 Å². The molecule has 0 bridgehead atoms. The van der Waals surface area contributed by atoms with Crippen LogP contribution in [0.3, 0.4) is 0 Å². The first-order valence-electron chi connectivity index (χ1n) is 4.74. The number of ether oxygens (including phenoxy) is 1. The molecule has 0 unspecified atom stereocenters. The maximum Gasteiger partial charge on any atom is 0.200 e. The van der Waals surface area contributed by atoms with E-state index in [0.717, 1.165) is 6.07 Å². The highest BCUT2D eigenvalue weighted by Crippen LogP contribution is 2.19. The van der Waals surface area contributed by atoms with E-state index in [0.29, 0.717) is 5.69 Å². The molecule has 0 fully saturated rings. The van der Waals surface area contributed by atoms with Crippen LogP contribution in [0.5, 0.6) is 5.75 Å². The lowest BCUT2D eigenvalue weighted by molar-refractivity contribution is 0.280. The summed E-state index contributed by atoms with van der Waals surface area (Å²) >= 11 is 0. The van der Waals surface area contributed by atoms with Crippen LogP contribution in [-0.2, 0) is 6.61 Å². The lowest BCUT2D eigenvalue weighted by Gasteiger charge is -2.06. The highest BCUT2D eigenvalue weighted by molar-refractivity contribution is 5.25. The lowest BCUT2D eigenvalue weighted by atomic mass is 10.3. The molecule has 0 saturated carbocycles. The zero-order valence-electron chi connectivity index (χ0n) is 8.36. The van der Waals surface area contributed by atoms with Gasteiger partial charge >= 0.3 is 0 Å². The fraction of sp³-hybridized carbons (Fsp3) is 0.0833. The molecule has 0 saturated heterocycles. The van der Waals surface area contributed by atoms with Crippen molar-refractivity contribution >= 4 is 0 Å². The van der Waals surface area contributed by atoms with Gasteiger partial charge in [0.1, 0.15) is 6.61 Å². The summed E-state index contributed by atoms with van der Waals surface area (Å²) in [5, 5.41) is 0. The Morgan fingerprint density at radius 1 is 1.06 bits per heavy atom. The van der Waals surface area contributed by atoms with Crippen LogP contribution >= 0.6 is 0 Å². The number of pyridine rings is 1. The number of aromatic nitrogens is 1. The van der Waals surface area contributed by atoms with E-state index in [-0.39, 0.29) is 12.4 Å². The smallest absolute Gasteiger partial charge is 0.200 e. The zero-order valence-corrected chi connectivity index (χ0v) is 8.36. The molecule has 0 amide bonds. The fourth-order valence-corrected chi connectivity index (χ4v) is 1.23. The van der Waals surface area contributed by atoms with Crippen LogP contribution in [0.2, 0.25) is 0 Å². The molecular weight excluding hydrogens is 212 g/mol. The average Bonchev–Trinajstić information content (AvgIpc) is 2.32. The maximum absolute atomic E-state index is 13.2. The van der Waals surface area contributed by atoms with Gasteiger partial charge in [-0.25, -0.2) is 4.39 Å². The van der Waals surface area contributed by atoms with Crippen molar-refractivity contribution in [3.63, 3.8) is 0 Å². The van der Waals surface area contributed by atoms with Crippen molar-refractivity contribution in [2.45, 2.75) is 6.61 Å². The Bertz CT molecular complexity index is 474. The summed E-state index contributed by atoms with van der Waals surface area (Å²) in [6.07, 6.45) is 1.61. The molecular formula is C12H9F2NO. The number of hydrogen-bond donors (Lipinski definition) is 0. The normalized spacial score (nSPS) is 10.1. The van der Waals surface area contributed by atoms with Crippen molar-refractivity contribution in [3.8, 4) is 5.75 Å². The first-order chi connectivity index (χ1) is 7.77. The molecule has 82 valence electrons. The highest BCUT2D eigenvalue weighted by atomic mass is 19.2. The SMILES string of the molecule is Fc1cccc(OCc2ccccn2)c1F. The van der Waals surface area contributed by atoms with Gasteiger partial charge < -0.3 is 4.74 Å². The van der Waals surface area contributed by atoms with Gasteiger partial charge in [-0.1, -0.05) is 12.1 Å². The predicted molar refractivity (Wildman–Crippen MR) is 54.9 cm³/mol. The van der Waals surface area contributed by atoms with Gasteiger partial charge in [0.05, 0.1) is 5.69 Å². The maximum atomic E-state index is 13.2. The summed E-state index contributed by atoms with van der Waals surface area (Å²) in [5.74, 6) is -2.00. The number of benzene rings is 1. The molecule has 2 aromatic rings. The van der Waals surface area contributed by atoms with Crippen LogP contribution in [-0.4, -0.2) is 4.98 Å². The second-order valence-electron chi connectivity index (χ2n) is 3.16. The van der Waals surface area contributed by atoms with E-state index in [1.54, 1.807) is 24.4 Å². The van der Waals surface area contributed by atoms with E-state index in [2.05, 4.69) is 4.98 Å². The minimum Gasteiger partial charge on any atom is -0.484 e. The van der Waals surface area contributed by atoms with Gasteiger partial charge in [-0.3, -0.25) is 4.98 Å². The zero-order chi connectivity index (χ0) is 11.4. The molecule has 0 N–H and O–H groups in total. The summed E-state index contributed by atoms with van der Waals surface area (Å²) in [7, 11) is 0. The minimum absolute atomic E-state index is 0.106. The Morgan fingerprint density at radius 3 is 2.69 bits per heavy atom. The second kappa shape index (κ2) is 4.70. The van der Waals surface area contributed by atoms with Crippen LogP contribution in [0.25, 0.3) is 0 Å². The Morgan fingerprint density at radius 2 is 1.94 bits per heavy atom. The van der Waals surface area contributed by atoms with E-state index in [1.807, 2.05) is 0 Å². The number of halogens is 2. The largest absolute Gasteiger partial charge is 0.484 e. The molecule has 0 aliphatic heterocycles. The van der Waals surface area contributed by atoms with Gasteiger partial charge in [-0.15, -0.1) is 0 Å². The van der Waals surface area contributed by atoms with Crippen molar-refractivity contribution < 1.29 is 13.5 Å². The Labute approximate surface area is 91.5 Å². The molecule has 1 aromatic carbocycles. The monoisotopic (exact) mass is 221 g/mol. The Hall–Kier alpha value is -1.97. The summed E-state index contributed by atoms with van der Waals surface area (Å²) < 4.78 is 31.1. The van der Waals surface area contributed by atoms with E-state index < -0.39 is 11.6 Å². The van der Waals surface area contributed by atoms with Crippen molar-refractivity contribution in [3.05, 3.63) is 59.9 Å². The number of nitrogens with zero attached hydrogens (tertiary/aromatic N) is 1. The van der Waals surface area contributed by atoms with Gasteiger partial charge in [-0.2, -0.15) is 4.39 Å². The third-order valence-electron chi connectivity index (χ3n) is 2.02. The van der Waals surface area contributed by atoms with Gasteiger partial charge in [0, 0.05) is 6.20 Å². The average molecular weight is 221 g/mol. The fourth-order valence-electron chi connectivity index (χ4n) is 1.23. The van der Waals surface area contributed by atoms with Crippen LogP contribution in [0.1, 0.15) is 5.69 Å². The van der Waals surface area contributed by atoms with Crippen molar-refractivity contribution in [1.82, 2.24) is 4.98 Å². The highest BCUT2D eigenvalue weighted by Gasteiger charge is 2.08. The quantitative estimate of drug-likeness (QED) is 0.795. The first kappa shape index (κ1) is 10.5. The Kier molecular flexibility index (Phi) is 3.10. The summed E-state index contributed by atoms with van der Waals surface area (Å²) in [6, 6.07) is 9.13. The molecule has 2 nitrogen and oxygen atoms in total. The molecule has 1 aromatic heterocycles. The summed E-state index contributed by atoms with van der Waals surface area (Å²) in [6.45, 7) is 0.112. The van der Waals surface area contributed by atoms with E-state index in [4.69, 9.17) is 4.74 Å². The molecule has 0 atom stereocenters. The third-order valence-corrected chi connectivity index (χ3v) is 2.02. The number of hydrogen-bond acceptors (Lipinski definition) is 2. The van der Waals surface area contributed by atoms with E-state index in [9.17, 15) is 8.78 Å². The first-order valence-corrected chi connectivity index (χ1v) is 4.74. The standard InChI is InChI=1S/C12H9F2NO/c13-10-5-3-6-11(12(10)14)16-8-9-4-1-2-7-15-9/h1-7H,8H2. The van der Waals surface area contributed by atoms with E-state index in [1.165, 1.54) is 12.1 Å². The topological polar surface area (TPSA) is 22.1 Å². The minimum atomic E-state index is -0.974.